The highest BCUT2D eigenvalue weighted by atomic mass is 35.5. The highest BCUT2D eigenvalue weighted by Gasteiger charge is 2.16. The highest BCUT2D eigenvalue weighted by molar-refractivity contribution is 7.12. The molecule has 1 fully saturated rings. The molecule has 88 valence electrons. The van der Waals surface area contributed by atoms with Crippen molar-refractivity contribution in [3.8, 4) is 0 Å². The number of carbonyl (C=O) groups excluding carboxylic acids is 1. The standard InChI is InChI=1S/C11H15ClN2OS/c12-9-3-6-16-10(9)11(15)14-7-8-1-4-13-5-2-8/h3,6,8,13H,1-2,4-5,7H2,(H,14,15). The van der Waals surface area contributed by atoms with Gasteiger partial charge in [-0.25, -0.2) is 0 Å². The number of carbonyl (C=O) groups is 1. The van der Waals surface area contributed by atoms with Crippen molar-refractivity contribution in [2.75, 3.05) is 19.6 Å². The lowest BCUT2D eigenvalue weighted by molar-refractivity contribution is 0.0948. The van der Waals surface area contributed by atoms with Crippen LogP contribution in [0.3, 0.4) is 0 Å². The molecular weight excluding hydrogens is 244 g/mol. The molecule has 5 heteroatoms. The first-order valence-electron chi connectivity index (χ1n) is 5.49. The molecule has 16 heavy (non-hydrogen) atoms. The Morgan fingerprint density at radius 1 is 1.56 bits per heavy atom. The average molecular weight is 259 g/mol. The first kappa shape index (κ1) is 11.9. The molecule has 0 atom stereocenters. The second kappa shape index (κ2) is 5.66. The Hall–Kier alpha value is -0.580. The van der Waals surface area contributed by atoms with Crippen molar-refractivity contribution in [1.29, 1.82) is 0 Å². The van der Waals surface area contributed by atoms with Gasteiger partial charge >= 0.3 is 0 Å². The normalized spacial score (nSPS) is 17.3. The summed E-state index contributed by atoms with van der Waals surface area (Å²) in [7, 11) is 0. The Labute approximate surface area is 104 Å². The van der Waals surface area contributed by atoms with Crippen LogP contribution in [0.4, 0.5) is 0 Å². The molecule has 2 heterocycles. The Bertz CT molecular complexity index is 361. The minimum absolute atomic E-state index is 0.0430. The first-order chi connectivity index (χ1) is 7.77. The maximum Gasteiger partial charge on any atom is 0.262 e. The monoisotopic (exact) mass is 258 g/mol. The van der Waals surface area contributed by atoms with Gasteiger partial charge in [0.2, 0.25) is 0 Å². The van der Waals surface area contributed by atoms with Crippen LogP contribution in [-0.2, 0) is 0 Å². The van der Waals surface area contributed by atoms with Crippen molar-refractivity contribution < 1.29 is 4.79 Å². The van der Waals surface area contributed by atoms with Crippen molar-refractivity contribution in [3.05, 3.63) is 21.3 Å². The Kier molecular flexibility index (Phi) is 4.21. The molecule has 2 N–H and O–H groups in total. The fraction of sp³-hybridized carbons (Fsp3) is 0.545. The van der Waals surface area contributed by atoms with Crippen LogP contribution in [0.2, 0.25) is 5.02 Å². The molecule has 0 aliphatic carbocycles. The van der Waals surface area contributed by atoms with E-state index in [1.807, 2.05) is 5.38 Å². The summed E-state index contributed by atoms with van der Waals surface area (Å²) in [6.45, 7) is 2.87. The van der Waals surface area contributed by atoms with Gasteiger partial charge < -0.3 is 10.6 Å². The van der Waals surface area contributed by atoms with Gasteiger partial charge in [0.15, 0.2) is 0 Å². The molecule has 0 unspecified atom stereocenters. The van der Waals surface area contributed by atoms with Crippen LogP contribution in [0, 0.1) is 5.92 Å². The van der Waals surface area contributed by atoms with Crippen molar-refractivity contribution in [3.63, 3.8) is 0 Å². The fourth-order valence-electron chi connectivity index (χ4n) is 1.86. The van der Waals surface area contributed by atoms with E-state index in [4.69, 9.17) is 11.6 Å². The van der Waals surface area contributed by atoms with Crippen molar-refractivity contribution in [2.45, 2.75) is 12.8 Å². The van der Waals surface area contributed by atoms with E-state index in [9.17, 15) is 4.79 Å². The molecule has 3 nitrogen and oxygen atoms in total. The number of nitrogens with one attached hydrogen (secondary N) is 2. The Balaban J connectivity index is 1.81. The minimum Gasteiger partial charge on any atom is -0.351 e. The summed E-state index contributed by atoms with van der Waals surface area (Å²) in [6.07, 6.45) is 2.27. The van der Waals surface area contributed by atoms with Gasteiger partial charge in [0.1, 0.15) is 4.88 Å². The van der Waals surface area contributed by atoms with E-state index in [-0.39, 0.29) is 5.91 Å². The molecule has 0 aromatic carbocycles. The summed E-state index contributed by atoms with van der Waals surface area (Å²) >= 11 is 7.28. The van der Waals surface area contributed by atoms with E-state index in [1.165, 1.54) is 11.3 Å². The molecule has 1 aromatic rings. The number of thiophene rings is 1. The first-order valence-corrected chi connectivity index (χ1v) is 6.75. The smallest absolute Gasteiger partial charge is 0.262 e. The maximum absolute atomic E-state index is 11.8. The number of hydrogen-bond acceptors (Lipinski definition) is 3. The van der Waals surface area contributed by atoms with Gasteiger partial charge in [-0.1, -0.05) is 11.6 Å². The summed E-state index contributed by atoms with van der Waals surface area (Å²) in [5, 5.41) is 8.65. The van der Waals surface area contributed by atoms with E-state index in [0.29, 0.717) is 15.8 Å². The number of amides is 1. The molecule has 1 saturated heterocycles. The predicted molar refractivity (Wildman–Crippen MR) is 67.3 cm³/mol. The number of rotatable bonds is 3. The molecule has 1 aromatic heterocycles. The van der Waals surface area contributed by atoms with E-state index in [2.05, 4.69) is 10.6 Å². The SMILES string of the molecule is O=C(NCC1CCNCC1)c1sccc1Cl. The maximum atomic E-state index is 11.8. The van der Waals surface area contributed by atoms with Crippen LogP contribution in [0.1, 0.15) is 22.5 Å². The second-order valence-corrected chi connectivity index (χ2v) is 5.32. The van der Waals surface area contributed by atoms with E-state index in [0.717, 1.165) is 32.5 Å². The van der Waals surface area contributed by atoms with Crippen LogP contribution >= 0.6 is 22.9 Å². The summed E-state index contributed by atoms with van der Waals surface area (Å²) in [5.41, 5.74) is 0. The number of hydrogen-bond donors (Lipinski definition) is 2. The molecule has 0 radical (unpaired) electrons. The summed E-state index contributed by atoms with van der Waals surface area (Å²) in [4.78, 5) is 12.4. The molecule has 0 spiro atoms. The van der Waals surface area contributed by atoms with Gasteiger partial charge in [0.05, 0.1) is 5.02 Å². The third-order valence-corrected chi connectivity index (χ3v) is 4.17. The van der Waals surface area contributed by atoms with Crippen LogP contribution < -0.4 is 10.6 Å². The lowest BCUT2D eigenvalue weighted by Crippen LogP contribution is -2.35. The zero-order valence-electron chi connectivity index (χ0n) is 8.96. The molecule has 0 saturated carbocycles. The minimum atomic E-state index is -0.0430. The van der Waals surface area contributed by atoms with Crippen molar-refractivity contribution in [1.82, 2.24) is 10.6 Å². The fourth-order valence-corrected chi connectivity index (χ4v) is 2.92. The molecule has 1 amide bonds. The van der Waals surface area contributed by atoms with Gasteiger partial charge in [-0.15, -0.1) is 11.3 Å². The van der Waals surface area contributed by atoms with E-state index >= 15 is 0 Å². The van der Waals surface area contributed by atoms with Crippen molar-refractivity contribution in [2.24, 2.45) is 5.92 Å². The van der Waals surface area contributed by atoms with Crippen LogP contribution in [0.25, 0.3) is 0 Å². The van der Waals surface area contributed by atoms with Gasteiger partial charge in [0, 0.05) is 6.54 Å². The zero-order chi connectivity index (χ0) is 11.4. The molecule has 2 rings (SSSR count). The van der Waals surface area contributed by atoms with Crippen molar-refractivity contribution >= 4 is 28.8 Å². The highest BCUT2D eigenvalue weighted by Crippen LogP contribution is 2.21. The Morgan fingerprint density at radius 2 is 2.31 bits per heavy atom. The van der Waals surface area contributed by atoms with E-state index in [1.54, 1.807) is 6.07 Å². The molecule has 1 aliphatic rings. The summed E-state index contributed by atoms with van der Waals surface area (Å²) in [5.74, 6) is 0.558. The average Bonchev–Trinajstić information content (AvgIpc) is 2.74. The third-order valence-electron chi connectivity index (χ3n) is 2.83. The van der Waals surface area contributed by atoms with Gasteiger partial charge in [0.25, 0.3) is 5.91 Å². The lowest BCUT2D eigenvalue weighted by Gasteiger charge is -2.22. The van der Waals surface area contributed by atoms with Gasteiger partial charge in [-0.05, 0) is 43.3 Å². The van der Waals surface area contributed by atoms with Gasteiger partial charge in [-0.2, -0.15) is 0 Å². The predicted octanol–water partition coefficient (Wildman–Crippen LogP) is 2.13. The van der Waals surface area contributed by atoms with Gasteiger partial charge in [-0.3, -0.25) is 4.79 Å². The molecular formula is C11H15ClN2OS. The zero-order valence-corrected chi connectivity index (χ0v) is 10.5. The van der Waals surface area contributed by atoms with Crippen LogP contribution in [0.15, 0.2) is 11.4 Å². The van der Waals surface area contributed by atoms with Crippen LogP contribution in [-0.4, -0.2) is 25.5 Å². The topological polar surface area (TPSA) is 41.1 Å². The second-order valence-electron chi connectivity index (χ2n) is 4.00. The third kappa shape index (κ3) is 2.97. The lowest BCUT2D eigenvalue weighted by atomic mass is 9.98. The summed E-state index contributed by atoms with van der Waals surface area (Å²) in [6, 6.07) is 1.76. The Morgan fingerprint density at radius 3 is 2.94 bits per heavy atom. The quantitative estimate of drug-likeness (QED) is 0.872. The molecule has 1 aliphatic heterocycles. The number of halogens is 1. The number of piperidine rings is 1. The largest absolute Gasteiger partial charge is 0.351 e. The van der Waals surface area contributed by atoms with Crippen LogP contribution in [0.5, 0.6) is 0 Å². The molecule has 0 bridgehead atoms. The van der Waals surface area contributed by atoms with E-state index < -0.39 is 0 Å². The summed E-state index contributed by atoms with van der Waals surface area (Å²) < 4.78 is 0.